The van der Waals surface area contributed by atoms with Crippen molar-refractivity contribution in [1.82, 2.24) is 9.78 Å². The van der Waals surface area contributed by atoms with Crippen LogP contribution in [0.2, 0.25) is 0 Å². The highest BCUT2D eigenvalue weighted by atomic mass is 19.1. The largest absolute Gasteiger partial charge is 0.497 e. The lowest BCUT2D eigenvalue weighted by atomic mass is 10.1. The molecule has 3 rings (SSSR count). The summed E-state index contributed by atoms with van der Waals surface area (Å²) in [7, 11) is 5.81. The summed E-state index contributed by atoms with van der Waals surface area (Å²) in [5.74, 6) is 0.346. The molecule has 2 aromatic carbocycles. The fourth-order valence-corrected chi connectivity index (χ4v) is 3.03. The van der Waals surface area contributed by atoms with Gasteiger partial charge in [0.05, 0.1) is 34.1 Å². The molecule has 0 unspecified atom stereocenters. The molecule has 0 aliphatic rings. The van der Waals surface area contributed by atoms with Crippen LogP contribution in [-0.4, -0.2) is 44.1 Å². The van der Waals surface area contributed by atoms with E-state index in [2.05, 4.69) is 10.4 Å². The van der Waals surface area contributed by atoms with Gasteiger partial charge in [0.25, 0.3) is 5.56 Å². The highest BCUT2D eigenvalue weighted by Crippen LogP contribution is 2.39. The molecule has 0 radical (unpaired) electrons. The third-order valence-corrected chi connectivity index (χ3v) is 4.56. The van der Waals surface area contributed by atoms with E-state index in [0.717, 1.165) is 4.68 Å². The third-order valence-electron chi connectivity index (χ3n) is 4.56. The Bertz CT molecular complexity index is 1170. The van der Waals surface area contributed by atoms with Crippen molar-refractivity contribution in [2.75, 3.05) is 33.8 Å². The molecule has 0 saturated carbocycles. The van der Waals surface area contributed by atoms with E-state index in [1.807, 2.05) is 0 Å². The molecule has 0 aliphatic carbocycles. The van der Waals surface area contributed by atoms with E-state index in [4.69, 9.17) is 18.9 Å². The average Bonchev–Trinajstić information content (AvgIpc) is 2.79. The first-order valence-electron chi connectivity index (χ1n) is 9.42. The van der Waals surface area contributed by atoms with Crippen molar-refractivity contribution >= 4 is 11.6 Å². The molecule has 1 amide bonds. The Hall–Kier alpha value is -4.08. The van der Waals surface area contributed by atoms with Gasteiger partial charge in [0.15, 0.2) is 11.5 Å². The number of nitrogens with zero attached hydrogens (tertiary/aromatic N) is 2. The minimum Gasteiger partial charge on any atom is -0.497 e. The van der Waals surface area contributed by atoms with Gasteiger partial charge in [-0.1, -0.05) is 0 Å². The van der Waals surface area contributed by atoms with Gasteiger partial charge < -0.3 is 24.3 Å². The van der Waals surface area contributed by atoms with Gasteiger partial charge >= 0.3 is 0 Å². The quantitative estimate of drug-likeness (QED) is 0.571. The van der Waals surface area contributed by atoms with Gasteiger partial charge in [-0.2, -0.15) is 5.10 Å². The first-order chi connectivity index (χ1) is 15.4. The molecule has 0 spiro atoms. The minimum absolute atomic E-state index is 0.171. The van der Waals surface area contributed by atoms with Crippen LogP contribution < -0.4 is 29.8 Å². The lowest BCUT2D eigenvalue weighted by Gasteiger charge is -2.15. The molecular weight excluding hydrogens is 421 g/mol. The molecule has 0 aliphatic heterocycles. The van der Waals surface area contributed by atoms with E-state index in [-0.39, 0.29) is 17.8 Å². The Labute approximate surface area is 183 Å². The molecule has 0 atom stereocenters. The SMILES string of the molecule is COc1ccc(-c2ccc(=O)n(CC(=O)Nc3cc(OC)c(OC)c(OC)c3)n2)c(F)c1. The number of hydrogen-bond acceptors (Lipinski definition) is 7. The fraction of sp³-hybridized carbons (Fsp3) is 0.227. The number of carbonyl (C=O) groups is 1. The number of nitrogens with one attached hydrogen (secondary N) is 1. The maximum atomic E-state index is 14.4. The number of amides is 1. The molecule has 10 heteroatoms. The minimum atomic E-state index is -0.566. The molecule has 168 valence electrons. The number of hydrogen-bond donors (Lipinski definition) is 1. The van der Waals surface area contributed by atoms with Crippen molar-refractivity contribution in [3.8, 4) is 34.3 Å². The zero-order valence-electron chi connectivity index (χ0n) is 18.0. The van der Waals surface area contributed by atoms with Crippen molar-refractivity contribution in [3.05, 3.63) is 58.6 Å². The standard InChI is InChI=1S/C22H22FN3O6/c1-29-14-5-6-15(16(23)11-14)17-7-8-21(28)26(25-17)12-20(27)24-13-9-18(30-2)22(32-4)19(10-13)31-3/h5-11H,12H2,1-4H3,(H,24,27). The van der Waals surface area contributed by atoms with Crippen LogP contribution in [-0.2, 0) is 11.3 Å². The van der Waals surface area contributed by atoms with E-state index in [9.17, 15) is 14.0 Å². The van der Waals surface area contributed by atoms with Gasteiger partial charge in [0.1, 0.15) is 18.1 Å². The predicted molar refractivity (Wildman–Crippen MR) is 115 cm³/mol. The molecule has 9 nitrogen and oxygen atoms in total. The van der Waals surface area contributed by atoms with Crippen LogP contribution in [0.15, 0.2) is 47.3 Å². The Morgan fingerprint density at radius 2 is 1.66 bits per heavy atom. The predicted octanol–water partition coefficient (Wildman–Crippen LogP) is 2.72. The lowest BCUT2D eigenvalue weighted by Crippen LogP contribution is -2.29. The van der Waals surface area contributed by atoms with Gasteiger partial charge in [-0.15, -0.1) is 0 Å². The summed E-state index contributed by atoms with van der Waals surface area (Å²) in [6.45, 7) is -0.388. The first-order valence-corrected chi connectivity index (χ1v) is 9.42. The number of carbonyl (C=O) groups excluding carboxylic acids is 1. The summed E-state index contributed by atoms with van der Waals surface area (Å²) in [6, 6.07) is 9.99. The summed E-state index contributed by atoms with van der Waals surface area (Å²) >= 11 is 0. The highest BCUT2D eigenvalue weighted by molar-refractivity contribution is 5.91. The molecule has 1 N–H and O–H groups in total. The number of aromatic nitrogens is 2. The number of benzene rings is 2. The zero-order valence-corrected chi connectivity index (χ0v) is 18.0. The van der Waals surface area contributed by atoms with Crippen LogP contribution in [0, 0.1) is 5.82 Å². The van der Waals surface area contributed by atoms with Crippen molar-refractivity contribution < 1.29 is 28.1 Å². The average molecular weight is 443 g/mol. The zero-order chi connectivity index (χ0) is 23.3. The van der Waals surface area contributed by atoms with E-state index < -0.39 is 17.3 Å². The van der Waals surface area contributed by atoms with Gasteiger partial charge in [-0.05, 0) is 18.2 Å². The third kappa shape index (κ3) is 4.80. The summed E-state index contributed by atoms with van der Waals surface area (Å²) in [4.78, 5) is 24.8. The van der Waals surface area contributed by atoms with Gasteiger partial charge in [0.2, 0.25) is 11.7 Å². The number of rotatable bonds is 8. The van der Waals surface area contributed by atoms with Crippen LogP contribution in [0.25, 0.3) is 11.3 Å². The highest BCUT2D eigenvalue weighted by Gasteiger charge is 2.16. The maximum Gasteiger partial charge on any atom is 0.267 e. The van der Waals surface area contributed by atoms with Crippen LogP contribution in [0.3, 0.4) is 0 Å². The van der Waals surface area contributed by atoms with E-state index in [0.29, 0.717) is 28.7 Å². The molecule has 0 bridgehead atoms. The van der Waals surface area contributed by atoms with Crippen LogP contribution in [0.4, 0.5) is 10.1 Å². The second-order valence-electron chi connectivity index (χ2n) is 6.52. The lowest BCUT2D eigenvalue weighted by molar-refractivity contribution is -0.117. The van der Waals surface area contributed by atoms with Crippen LogP contribution >= 0.6 is 0 Å². The molecule has 1 heterocycles. The van der Waals surface area contributed by atoms with Crippen molar-refractivity contribution in [1.29, 1.82) is 0 Å². The summed E-state index contributed by atoms with van der Waals surface area (Å²) < 4.78 is 36.1. The van der Waals surface area contributed by atoms with E-state index in [1.54, 1.807) is 18.2 Å². The van der Waals surface area contributed by atoms with E-state index >= 15 is 0 Å². The Kier molecular flexibility index (Phi) is 6.93. The maximum absolute atomic E-state index is 14.4. The van der Waals surface area contributed by atoms with E-state index in [1.165, 1.54) is 52.7 Å². The van der Waals surface area contributed by atoms with Crippen LogP contribution in [0.1, 0.15) is 0 Å². The van der Waals surface area contributed by atoms with Crippen molar-refractivity contribution in [2.45, 2.75) is 6.54 Å². The number of anilines is 1. The molecular formula is C22H22FN3O6. The summed E-state index contributed by atoms with van der Waals surface area (Å²) in [6.07, 6.45) is 0. The number of ether oxygens (including phenoxy) is 4. The Morgan fingerprint density at radius 3 is 2.22 bits per heavy atom. The topological polar surface area (TPSA) is 101 Å². The molecule has 0 saturated heterocycles. The van der Waals surface area contributed by atoms with Crippen molar-refractivity contribution in [3.63, 3.8) is 0 Å². The normalized spacial score (nSPS) is 10.4. The molecule has 1 aromatic heterocycles. The number of methoxy groups -OCH3 is 4. The van der Waals surface area contributed by atoms with Crippen molar-refractivity contribution in [2.24, 2.45) is 0 Å². The molecule has 0 fully saturated rings. The number of halogens is 1. The summed E-state index contributed by atoms with van der Waals surface area (Å²) in [5.41, 5.74) is 0.229. The second-order valence-corrected chi connectivity index (χ2v) is 6.52. The second kappa shape index (κ2) is 9.82. The molecule has 32 heavy (non-hydrogen) atoms. The molecule has 3 aromatic rings. The summed E-state index contributed by atoms with van der Waals surface area (Å²) in [5, 5.41) is 6.79. The smallest absolute Gasteiger partial charge is 0.267 e. The van der Waals surface area contributed by atoms with Gasteiger partial charge in [0, 0.05) is 35.5 Å². The first kappa shape index (κ1) is 22.6. The fourth-order valence-electron chi connectivity index (χ4n) is 3.03. The monoisotopic (exact) mass is 443 g/mol. The van der Waals surface area contributed by atoms with Gasteiger partial charge in [-0.3, -0.25) is 9.59 Å². The van der Waals surface area contributed by atoms with Crippen LogP contribution in [0.5, 0.6) is 23.0 Å². The Balaban J connectivity index is 1.84. The van der Waals surface area contributed by atoms with Gasteiger partial charge in [-0.25, -0.2) is 9.07 Å². The Morgan fingerprint density at radius 1 is 0.969 bits per heavy atom.